The van der Waals surface area contributed by atoms with Gasteiger partial charge in [-0.3, -0.25) is 0 Å². The third-order valence-electron chi connectivity index (χ3n) is 1.84. The molecule has 0 bridgehead atoms. The van der Waals surface area contributed by atoms with Crippen molar-refractivity contribution in [3.63, 3.8) is 0 Å². The van der Waals surface area contributed by atoms with Gasteiger partial charge in [-0.1, -0.05) is 0 Å². The van der Waals surface area contributed by atoms with Crippen LogP contribution < -0.4 is 9.64 Å². The molecule has 0 radical (unpaired) electrons. The minimum Gasteiger partial charge on any atom is -0.491 e. The number of diazo groups is 1. The molecule has 4 nitrogen and oxygen atoms in total. The van der Waals surface area contributed by atoms with E-state index in [0.717, 1.165) is 11.4 Å². The molecule has 1 aromatic carbocycles. The summed E-state index contributed by atoms with van der Waals surface area (Å²) in [5, 5.41) is 8.62. The predicted molar refractivity (Wildman–Crippen MR) is 56.7 cm³/mol. The molecule has 0 fully saturated rings. The number of hydrogen-bond donors (Lipinski definition) is 0. The molecule has 0 aliphatic heterocycles. The van der Waals surface area contributed by atoms with Gasteiger partial charge < -0.3 is 9.64 Å². The Bertz CT molecular complexity index is 355. The normalized spacial score (nSPS) is 9.29. The highest BCUT2D eigenvalue weighted by Gasteiger charge is 2.12. The van der Waals surface area contributed by atoms with Crippen molar-refractivity contribution in [2.45, 2.75) is 6.92 Å². The molecule has 0 aromatic heterocycles. The summed E-state index contributed by atoms with van der Waals surface area (Å²) in [6.07, 6.45) is 0. The van der Waals surface area contributed by atoms with Crippen molar-refractivity contribution in [3.05, 3.63) is 23.2 Å². The summed E-state index contributed by atoms with van der Waals surface area (Å²) in [6, 6.07) is 5.30. The lowest BCUT2D eigenvalue weighted by Crippen LogP contribution is -2.10. The van der Waals surface area contributed by atoms with Crippen LogP contribution in [0.3, 0.4) is 0 Å². The molecule has 4 heteroatoms. The smallest absolute Gasteiger partial charge is 0.388 e. The van der Waals surface area contributed by atoms with Crippen LogP contribution in [-0.4, -0.2) is 20.7 Å². The molecule has 0 N–H and O–H groups in total. The lowest BCUT2D eigenvalue weighted by Gasteiger charge is -2.15. The fraction of sp³-hybridized carbons (Fsp3) is 0.400. The first-order chi connectivity index (χ1) is 6.69. The van der Waals surface area contributed by atoms with E-state index in [1.54, 1.807) is 12.1 Å². The number of benzene rings is 1. The van der Waals surface area contributed by atoms with Crippen molar-refractivity contribution < 1.29 is 4.74 Å². The summed E-state index contributed by atoms with van der Waals surface area (Å²) >= 11 is 0. The molecule has 0 amide bonds. The summed E-state index contributed by atoms with van der Waals surface area (Å²) < 4.78 is 5.43. The highest BCUT2D eigenvalue weighted by molar-refractivity contribution is 5.64. The van der Waals surface area contributed by atoms with E-state index in [1.807, 2.05) is 32.0 Å². The van der Waals surface area contributed by atoms with Gasteiger partial charge in [0.2, 0.25) is 5.39 Å². The van der Waals surface area contributed by atoms with Crippen molar-refractivity contribution >= 4 is 11.4 Å². The summed E-state index contributed by atoms with van der Waals surface area (Å²) in [4.78, 5) is 5.07. The summed E-state index contributed by atoms with van der Waals surface area (Å²) in [6.45, 7) is 2.51. The van der Waals surface area contributed by atoms with Crippen LogP contribution in [0.15, 0.2) is 18.2 Å². The van der Waals surface area contributed by atoms with E-state index in [1.165, 1.54) is 0 Å². The second-order valence-corrected chi connectivity index (χ2v) is 3.08. The minimum absolute atomic E-state index is 0.499. The van der Waals surface area contributed by atoms with Gasteiger partial charge in [0, 0.05) is 20.2 Å². The highest BCUT2D eigenvalue weighted by Crippen LogP contribution is 2.31. The first-order valence-corrected chi connectivity index (χ1v) is 4.48. The van der Waals surface area contributed by atoms with Gasteiger partial charge in [-0.2, -0.15) is 0 Å². The van der Waals surface area contributed by atoms with Crippen LogP contribution in [0.5, 0.6) is 5.75 Å². The molecule has 1 rings (SSSR count). The molecular weight excluding hydrogens is 178 g/mol. The number of nitrogens with zero attached hydrogens (tertiary/aromatic N) is 3. The second-order valence-electron chi connectivity index (χ2n) is 3.08. The van der Waals surface area contributed by atoms with Gasteiger partial charge in [0.1, 0.15) is 0 Å². The monoisotopic (exact) mass is 192 g/mol. The van der Waals surface area contributed by atoms with Gasteiger partial charge in [-0.15, -0.1) is 0 Å². The van der Waals surface area contributed by atoms with Crippen LogP contribution >= 0.6 is 0 Å². The molecule has 0 spiro atoms. The first-order valence-electron chi connectivity index (χ1n) is 4.48. The van der Waals surface area contributed by atoms with E-state index in [2.05, 4.69) is 4.98 Å². The van der Waals surface area contributed by atoms with Crippen molar-refractivity contribution in [2.75, 3.05) is 25.6 Å². The predicted octanol–water partition coefficient (Wildman–Crippen LogP) is 2.64. The molecule has 0 unspecified atom stereocenters. The standard InChI is InChI=1S/C10H14N3O/c1-4-14-10-7-8(12-11)5-6-9(10)13(2)3/h5-7H,4H2,1-3H3/q+1. The third kappa shape index (κ3) is 2.13. The fourth-order valence-corrected chi connectivity index (χ4v) is 1.21. The Balaban J connectivity index is 3.11. The zero-order valence-corrected chi connectivity index (χ0v) is 8.69. The topological polar surface area (TPSA) is 40.6 Å². The Morgan fingerprint density at radius 2 is 2.14 bits per heavy atom. The van der Waals surface area contributed by atoms with Gasteiger partial charge in [0.25, 0.3) is 0 Å². The molecule has 74 valence electrons. The molecule has 0 aliphatic carbocycles. The van der Waals surface area contributed by atoms with E-state index < -0.39 is 0 Å². The van der Waals surface area contributed by atoms with E-state index >= 15 is 0 Å². The summed E-state index contributed by atoms with van der Waals surface area (Å²) in [7, 11) is 3.88. The van der Waals surface area contributed by atoms with Crippen LogP contribution in [0.1, 0.15) is 6.92 Å². The highest BCUT2D eigenvalue weighted by atomic mass is 16.5. The minimum atomic E-state index is 0.499. The van der Waals surface area contributed by atoms with Crippen LogP contribution in [0, 0.1) is 5.39 Å². The first kappa shape index (κ1) is 10.3. The maximum atomic E-state index is 8.62. The molecule has 14 heavy (non-hydrogen) atoms. The lowest BCUT2D eigenvalue weighted by atomic mass is 10.2. The second kappa shape index (κ2) is 4.47. The van der Waals surface area contributed by atoms with Crippen LogP contribution in [0.4, 0.5) is 11.4 Å². The molecular formula is C10H14N3O+. The fourth-order valence-electron chi connectivity index (χ4n) is 1.21. The van der Waals surface area contributed by atoms with Gasteiger partial charge in [-0.05, 0) is 13.0 Å². The Morgan fingerprint density at radius 1 is 1.43 bits per heavy atom. The van der Waals surface area contributed by atoms with E-state index in [4.69, 9.17) is 10.1 Å². The molecule has 0 heterocycles. The van der Waals surface area contributed by atoms with Crippen molar-refractivity contribution in [2.24, 2.45) is 0 Å². The molecule has 0 aliphatic rings. The van der Waals surface area contributed by atoms with Gasteiger partial charge in [0.15, 0.2) is 10.7 Å². The lowest BCUT2D eigenvalue weighted by molar-refractivity contribution is 0.341. The van der Waals surface area contributed by atoms with Crippen molar-refractivity contribution in [1.29, 1.82) is 5.39 Å². The van der Waals surface area contributed by atoms with Gasteiger partial charge in [0.05, 0.1) is 18.4 Å². The third-order valence-corrected chi connectivity index (χ3v) is 1.84. The zero-order chi connectivity index (χ0) is 10.6. The molecule has 1 aromatic rings. The Kier molecular flexibility index (Phi) is 3.29. The summed E-state index contributed by atoms with van der Waals surface area (Å²) in [5.74, 6) is 0.729. The van der Waals surface area contributed by atoms with Gasteiger partial charge >= 0.3 is 5.69 Å². The molecule has 0 atom stereocenters. The van der Waals surface area contributed by atoms with E-state index in [-0.39, 0.29) is 0 Å². The SMILES string of the molecule is CCOc1cc([N+]#N)ccc1N(C)C. The zero-order valence-electron chi connectivity index (χ0n) is 8.69. The summed E-state index contributed by atoms with van der Waals surface area (Å²) in [5.41, 5.74) is 1.47. The Hall–Kier alpha value is -1.76. The van der Waals surface area contributed by atoms with Crippen LogP contribution in [-0.2, 0) is 0 Å². The largest absolute Gasteiger partial charge is 0.491 e. The Morgan fingerprint density at radius 3 is 2.64 bits per heavy atom. The maximum Gasteiger partial charge on any atom is 0.388 e. The number of anilines is 1. The quantitative estimate of drug-likeness (QED) is 0.691. The van der Waals surface area contributed by atoms with Crippen molar-refractivity contribution in [3.8, 4) is 5.75 Å². The Labute approximate surface area is 83.7 Å². The number of ether oxygens (including phenoxy) is 1. The van der Waals surface area contributed by atoms with Crippen molar-refractivity contribution in [1.82, 2.24) is 0 Å². The molecule has 0 saturated heterocycles. The number of hydrogen-bond acceptors (Lipinski definition) is 3. The maximum absolute atomic E-state index is 8.62. The average molecular weight is 192 g/mol. The van der Waals surface area contributed by atoms with E-state index in [9.17, 15) is 0 Å². The molecule has 0 saturated carbocycles. The van der Waals surface area contributed by atoms with Crippen LogP contribution in [0.25, 0.3) is 4.98 Å². The average Bonchev–Trinajstić information content (AvgIpc) is 2.17. The van der Waals surface area contributed by atoms with Crippen LogP contribution in [0.2, 0.25) is 0 Å². The number of rotatable bonds is 3. The van der Waals surface area contributed by atoms with E-state index in [0.29, 0.717) is 12.3 Å². The van der Waals surface area contributed by atoms with Gasteiger partial charge in [-0.25, -0.2) is 0 Å².